The average molecular weight is 486 g/mol. The minimum absolute atomic E-state index is 0.197. The van der Waals surface area contributed by atoms with Crippen LogP contribution in [-0.4, -0.2) is 62.5 Å². The Balaban J connectivity index is 1.68. The van der Waals surface area contributed by atoms with E-state index in [0.29, 0.717) is 24.8 Å². The summed E-state index contributed by atoms with van der Waals surface area (Å²) in [6.45, 7) is 4.75. The minimum Gasteiger partial charge on any atom is -0.387 e. The zero-order valence-electron chi connectivity index (χ0n) is 20.4. The summed E-state index contributed by atoms with van der Waals surface area (Å²) >= 11 is 0. The Morgan fingerprint density at radius 2 is 1.77 bits per heavy atom. The predicted octanol–water partition coefficient (Wildman–Crippen LogP) is 1.20. The van der Waals surface area contributed by atoms with Crippen LogP contribution in [0.4, 0.5) is 0 Å². The number of ether oxygens (including phenoxy) is 2. The van der Waals surface area contributed by atoms with Gasteiger partial charge in [-0.1, -0.05) is 36.4 Å². The van der Waals surface area contributed by atoms with Gasteiger partial charge in [0.15, 0.2) is 5.60 Å². The lowest BCUT2D eigenvalue weighted by atomic mass is 9.75. The molecule has 2 saturated heterocycles. The number of nitrogens with two attached hydrogens (primary N) is 1. The molecule has 190 valence electrons. The Morgan fingerprint density at radius 1 is 1.09 bits per heavy atom. The van der Waals surface area contributed by atoms with Crippen LogP contribution in [0.2, 0.25) is 0 Å². The van der Waals surface area contributed by atoms with Crippen molar-refractivity contribution in [3.8, 4) is 0 Å². The smallest absolute Gasteiger partial charge is 0.225 e. The standard InChI is InChI=1S/C27H35NO7/c1-16-11-12-20(14-19(16)13-18-8-5-4-7-17(18)9-6-10-21(28)29)27-24(32)22(30)23(31)26(35-27,15-34-27)25(2,3)33/h4-5,7-8,11-12,14,22-24,30-33H,6,9-10,13,15H2,1-3H3,(H2,28,29)/t22-,23-,24+,26-,27-/m0/s1. The molecule has 0 aromatic heterocycles. The molecule has 35 heavy (non-hydrogen) atoms. The van der Waals surface area contributed by atoms with E-state index in [-0.39, 0.29) is 12.5 Å². The van der Waals surface area contributed by atoms with Crippen molar-refractivity contribution in [3.05, 3.63) is 70.3 Å². The number of aryl methyl sites for hydroxylation is 2. The molecular weight excluding hydrogens is 450 g/mol. The summed E-state index contributed by atoms with van der Waals surface area (Å²) in [4.78, 5) is 11.1. The molecule has 2 aliphatic rings. The highest BCUT2D eigenvalue weighted by atomic mass is 16.8. The molecule has 0 aliphatic carbocycles. The van der Waals surface area contributed by atoms with E-state index in [4.69, 9.17) is 15.2 Å². The lowest BCUT2D eigenvalue weighted by Gasteiger charge is -2.50. The van der Waals surface area contributed by atoms with Crippen LogP contribution < -0.4 is 5.73 Å². The molecule has 2 aromatic rings. The van der Waals surface area contributed by atoms with Gasteiger partial charge in [0.25, 0.3) is 0 Å². The molecule has 8 nitrogen and oxygen atoms in total. The Morgan fingerprint density at radius 3 is 2.43 bits per heavy atom. The second kappa shape index (κ2) is 9.28. The predicted molar refractivity (Wildman–Crippen MR) is 128 cm³/mol. The summed E-state index contributed by atoms with van der Waals surface area (Å²) in [7, 11) is 0. The van der Waals surface area contributed by atoms with Gasteiger partial charge in [0.05, 0.1) is 12.2 Å². The lowest BCUT2D eigenvalue weighted by Crippen LogP contribution is -2.70. The van der Waals surface area contributed by atoms with Gasteiger partial charge in [0, 0.05) is 12.0 Å². The van der Waals surface area contributed by atoms with Crippen LogP contribution in [0.5, 0.6) is 0 Å². The van der Waals surface area contributed by atoms with E-state index in [0.717, 1.165) is 28.7 Å². The summed E-state index contributed by atoms with van der Waals surface area (Å²) in [5.41, 5.74) is 6.85. The summed E-state index contributed by atoms with van der Waals surface area (Å²) in [5, 5.41) is 43.2. The van der Waals surface area contributed by atoms with Crippen LogP contribution in [0.3, 0.4) is 0 Å². The van der Waals surface area contributed by atoms with E-state index >= 15 is 0 Å². The molecule has 0 saturated carbocycles. The molecular formula is C27H35NO7. The number of hydrogen-bond donors (Lipinski definition) is 5. The third-order valence-corrected chi connectivity index (χ3v) is 7.50. The SMILES string of the molecule is Cc1ccc([C@]23OC[C@](C(C)(C)O)(O2)[C@@H](O)[C@H](O)[C@H]3O)cc1Cc1ccccc1CCCC(N)=O. The second-order valence-electron chi connectivity index (χ2n) is 10.3. The van der Waals surface area contributed by atoms with Crippen LogP contribution in [0, 0.1) is 6.92 Å². The van der Waals surface area contributed by atoms with Gasteiger partial charge in [-0.3, -0.25) is 4.79 Å². The van der Waals surface area contributed by atoms with Crippen molar-refractivity contribution < 1.29 is 34.7 Å². The third-order valence-electron chi connectivity index (χ3n) is 7.50. The number of primary amides is 1. The highest BCUT2D eigenvalue weighted by molar-refractivity contribution is 5.73. The Hall–Kier alpha value is -2.33. The third kappa shape index (κ3) is 4.39. The summed E-state index contributed by atoms with van der Waals surface area (Å²) in [6.07, 6.45) is -2.35. The number of aliphatic hydroxyl groups is 4. The molecule has 8 heteroatoms. The molecule has 2 aliphatic heterocycles. The fourth-order valence-corrected chi connectivity index (χ4v) is 5.20. The van der Waals surface area contributed by atoms with Crippen molar-refractivity contribution in [2.75, 3.05) is 6.61 Å². The average Bonchev–Trinajstić information content (AvgIpc) is 3.20. The maximum Gasteiger partial charge on any atom is 0.225 e. The molecule has 2 fully saturated rings. The fraction of sp³-hybridized carbons (Fsp3) is 0.519. The van der Waals surface area contributed by atoms with E-state index in [1.165, 1.54) is 13.8 Å². The number of carbonyl (C=O) groups excluding carboxylic acids is 1. The van der Waals surface area contributed by atoms with Crippen molar-refractivity contribution in [2.45, 2.75) is 81.8 Å². The van der Waals surface area contributed by atoms with Crippen LogP contribution in [0.25, 0.3) is 0 Å². The monoisotopic (exact) mass is 485 g/mol. The molecule has 0 unspecified atom stereocenters. The van der Waals surface area contributed by atoms with E-state index in [1.54, 1.807) is 6.07 Å². The number of hydrogen-bond acceptors (Lipinski definition) is 7. The van der Waals surface area contributed by atoms with Crippen molar-refractivity contribution in [1.29, 1.82) is 0 Å². The van der Waals surface area contributed by atoms with Crippen LogP contribution in [-0.2, 0) is 32.9 Å². The zero-order valence-corrected chi connectivity index (χ0v) is 20.4. The minimum atomic E-state index is -1.73. The first-order valence-electron chi connectivity index (χ1n) is 12.0. The molecule has 0 spiro atoms. The maximum absolute atomic E-state index is 11.1. The van der Waals surface area contributed by atoms with Crippen LogP contribution in [0.1, 0.15) is 54.5 Å². The topological polar surface area (TPSA) is 142 Å². The van der Waals surface area contributed by atoms with Gasteiger partial charge in [0.2, 0.25) is 11.7 Å². The molecule has 6 N–H and O–H groups in total. The summed E-state index contributed by atoms with van der Waals surface area (Å²) < 4.78 is 12.2. The van der Waals surface area contributed by atoms with Crippen molar-refractivity contribution in [1.82, 2.24) is 0 Å². The quantitative estimate of drug-likeness (QED) is 0.378. The van der Waals surface area contributed by atoms with E-state index in [1.807, 2.05) is 43.3 Å². The molecule has 5 atom stereocenters. The first-order valence-corrected chi connectivity index (χ1v) is 12.0. The number of rotatable bonds is 8. The largest absolute Gasteiger partial charge is 0.387 e. The van der Waals surface area contributed by atoms with Gasteiger partial charge >= 0.3 is 0 Å². The first-order chi connectivity index (χ1) is 16.4. The van der Waals surface area contributed by atoms with Gasteiger partial charge in [-0.25, -0.2) is 0 Å². The van der Waals surface area contributed by atoms with Gasteiger partial charge < -0.3 is 35.6 Å². The zero-order chi connectivity index (χ0) is 25.6. The first kappa shape index (κ1) is 25.8. The second-order valence-corrected chi connectivity index (χ2v) is 10.3. The van der Waals surface area contributed by atoms with Crippen LogP contribution in [0.15, 0.2) is 42.5 Å². The van der Waals surface area contributed by atoms with Gasteiger partial charge in [-0.05, 0) is 68.4 Å². The Kier molecular flexibility index (Phi) is 6.83. The molecule has 2 heterocycles. The molecule has 1 amide bonds. The highest BCUT2D eigenvalue weighted by Crippen LogP contribution is 2.53. The summed E-state index contributed by atoms with van der Waals surface area (Å²) in [6, 6.07) is 13.6. The molecule has 0 radical (unpaired) electrons. The number of carbonyl (C=O) groups is 1. The summed E-state index contributed by atoms with van der Waals surface area (Å²) in [5.74, 6) is -2.05. The Bertz CT molecular complexity index is 1100. The lowest BCUT2D eigenvalue weighted by molar-refractivity contribution is -0.348. The number of benzene rings is 2. The van der Waals surface area contributed by atoms with E-state index in [2.05, 4.69) is 0 Å². The Labute approximate surface area is 205 Å². The van der Waals surface area contributed by atoms with E-state index < -0.39 is 35.3 Å². The maximum atomic E-state index is 11.1. The molecule has 2 bridgehead atoms. The van der Waals surface area contributed by atoms with Crippen LogP contribution >= 0.6 is 0 Å². The molecule has 4 rings (SSSR count). The molecule has 2 aromatic carbocycles. The van der Waals surface area contributed by atoms with Crippen molar-refractivity contribution in [2.24, 2.45) is 5.73 Å². The number of amides is 1. The van der Waals surface area contributed by atoms with Crippen molar-refractivity contribution >= 4 is 5.91 Å². The number of aliphatic hydroxyl groups excluding tert-OH is 3. The number of fused-ring (bicyclic) bond motifs is 2. The fourth-order valence-electron chi connectivity index (χ4n) is 5.20. The normalized spacial score (nSPS) is 30.4. The van der Waals surface area contributed by atoms with Gasteiger partial charge in [0.1, 0.15) is 18.3 Å². The van der Waals surface area contributed by atoms with Crippen molar-refractivity contribution in [3.63, 3.8) is 0 Å². The highest BCUT2D eigenvalue weighted by Gasteiger charge is 2.71. The van der Waals surface area contributed by atoms with E-state index in [9.17, 15) is 25.2 Å². The van der Waals surface area contributed by atoms with Gasteiger partial charge in [-0.2, -0.15) is 0 Å². The van der Waals surface area contributed by atoms with Gasteiger partial charge in [-0.15, -0.1) is 0 Å².